The van der Waals surface area contributed by atoms with Crippen LogP contribution in [-0.4, -0.2) is 58.7 Å². The van der Waals surface area contributed by atoms with E-state index in [0.717, 1.165) is 19.3 Å². The van der Waals surface area contributed by atoms with E-state index < -0.39 is 24.3 Å². The van der Waals surface area contributed by atoms with E-state index in [2.05, 4.69) is 17.6 Å². The van der Waals surface area contributed by atoms with Gasteiger partial charge < -0.3 is 20.6 Å². The minimum absolute atomic E-state index is 0.308. The molecule has 0 spiro atoms. The molecular formula is C11H22N2O4. The van der Waals surface area contributed by atoms with Crippen LogP contribution in [0.4, 0.5) is 0 Å². The van der Waals surface area contributed by atoms with E-state index in [9.17, 15) is 15.0 Å². The summed E-state index contributed by atoms with van der Waals surface area (Å²) in [5.41, 5.74) is 0. The summed E-state index contributed by atoms with van der Waals surface area (Å²) in [7, 11) is 0. The molecule has 1 saturated heterocycles. The minimum atomic E-state index is -1.17. The summed E-state index contributed by atoms with van der Waals surface area (Å²) < 4.78 is 0. The molecule has 0 radical (unpaired) electrons. The van der Waals surface area contributed by atoms with Crippen LogP contribution in [-0.2, 0) is 4.79 Å². The Kier molecular flexibility index (Phi) is 5.84. The highest BCUT2D eigenvalue weighted by Gasteiger charge is 2.43. The number of hydrogen-bond donors (Lipinski definition) is 5. The van der Waals surface area contributed by atoms with E-state index >= 15 is 0 Å². The van der Waals surface area contributed by atoms with Crippen molar-refractivity contribution >= 4 is 5.91 Å². The number of hydrogen-bond acceptors (Lipinski definition) is 5. The third-order valence-corrected chi connectivity index (χ3v) is 3.06. The average Bonchev–Trinajstić information content (AvgIpc) is 2.61. The van der Waals surface area contributed by atoms with Crippen LogP contribution >= 0.6 is 0 Å². The molecule has 1 heterocycles. The highest BCUT2D eigenvalue weighted by molar-refractivity contribution is 5.83. The van der Waals surface area contributed by atoms with Crippen LogP contribution in [0, 0.1) is 0 Å². The number of carbonyl (C=O) groups is 1. The van der Waals surface area contributed by atoms with E-state index in [1.54, 1.807) is 0 Å². The van der Waals surface area contributed by atoms with Gasteiger partial charge >= 0.3 is 0 Å². The Hall–Kier alpha value is -0.690. The molecule has 1 rings (SSSR count). The lowest BCUT2D eigenvalue weighted by atomic mass is 10.1. The predicted octanol–water partition coefficient (Wildman–Crippen LogP) is -1.65. The second-order valence-corrected chi connectivity index (χ2v) is 4.41. The summed E-state index contributed by atoms with van der Waals surface area (Å²) in [5.74, 6) is -0.330. The number of aliphatic hydroxyl groups is 3. The first-order chi connectivity index (χ1) is 8.11. The summed E-state index contributed by atoms with van der Waals surface area (Å²) in [4.78, 5) is 11.7. The number of rotatable bonds is 6. The molecule has 1 aliphatic heterocycles. The third kappa shape index (κ3) is 3.64. The first kappa shape index (κ1) is 14.4. The minimum Gasteiger partial charge on any atom is -0.395 e. The zero-order chi connectivity index (χ0) is 12.8. The van der Waals surface area contributed by atoms with Crippen LogP contribution in [0.2, 0.25) is 0 Å². The number of unbranched alkanes of at least 4 members (excludes halogenated alkanes) is 2. The first-order valence-electron chi connectivity index (χ1n) is 6.12. The zero-order valence-electron chi connectivity index (χ0n) is 10.1. The van der Waals surface area contributed by atoms with Crippen molar-refractivity contribution < 1.29 is 20.1 Å². The molecular weight excluding hydrogens is 224 g/mol. The SMILES string of the molecule is CCCCCNC(=O)[C@@H]1N[C@H](CO)[C@H](O)[C@@H]1O. The highest BCUT2D eigenvalue weighted by Crippen LogP contribution is 2.14. The molecule has 17 heavy (non-hydrogen) atoms. The van der Waals surface area contributed by atoms with Crippen LogP contribution in [0.5, 0.6) is 0 Å². The summed E-state index contributed by atoms with van der Waals surface area (Å²) in [6, 6.07) is -1.49. The standard InChI is InChI=1S/C11H22N2O4/c1-2-3-4-5-12-11(17)8-10(16)9(15)7(6-14)13-8/h7-10,13-16H,2-6H2,1H3,(H,12,17)/t7-,8-,9+,10-/m1/s1. The second-order valence-electron chi connectivity index (χ2n) is 4.41. The van der Waals surface area contributed by atoms with E-state index in [0.29, 0.717) is 6.54 Å². The highest BCUT2D eigenvalue weighted by atomic mass is 16.3. The molecule has 0 aromatic carbocycles. The monoisotopic (exact) mass is 246 g/mol. The second kappa shape index (κ2) is 6.90. The Bertz CT molecular complexity index is 250. The molecule has 5 N–H and O–H groups in total. The molecule has 0 saturated carbocycles. The molecule has 6 nitrogen and oxygen atoms in total. The van der Waals surface area contributed by atoms with E-state index in [4.69, 9.17) is 5.11 Å². The summed E-state index contributed by atoms with van der Waals surface area (Å²) in [6.07, 6.45) is 0.746. The van der Waals surface area contributed by atoms with Gasteiger partial charge in [0, 0.05) is 6.54 Å². The van der Waals surface area contributed by atoms with Crippen molar-refractivity contribution in [3.05, 3.63) is 0 Å². The lowest BCUT2D eigenvalue weighted by Crippen LogP contribution is -2.47. The van der Waals surface area contributed by atoms with Crippen molar-refractivity contribution in [3.8, 4) is 0 Å². The van der Waals surface area contributed by atoms with Crippen molar-refractivity contribution in [1.82, 2.24) is 10.6 Å². The Balaban J connectivity index is 2.37. The van der Waals surface area contributed by atoms with Gasteiger partial charge in [0.1, 0.15) is 12.1 Å². The van der Waals surface area contributed by atoms with E-state index in [-0.39, 0.29) is 12.5 Å². The fraction of sp³-hybridized carbons (Fsp3) is 0.909. The van der Waals surface area contributed by atoms with Crippen LogP contribution in [0.3, 0.4) is 0 Å². The maximum atomic E-state index is 11.7. The Morgan fingerprint density at radius 1 is 1.29 bits per heavy atom. The van der Waals surface area contributed by atoms with Crippen LogP contribution in [0.15, 0.2) is 0 Å². The van der Waals surface area contributed by atoms with Gasteiger partial charge in [-0.25, -0.2) is 0 Å². The number of aliphatic hydroxyl groups excluding tert-OH is 3. The molecule has 6 heteroatoms. The van der Waals surface area contributed by atoms with Crippen molar-refractivity contribution in [2.24, 2.45) is 0 Å². The predicted molar refractivity (Wildman–Crippen MR) is 62.3 cm³/mol. The van der Waals surface area contributed by atoms with Gasteiger partial charge in [-0.05, 0) is 6.42 Å². The molecule has 1 fully saturated rings. The first-order valence-corrected chi connectivity index (χ1v) is 6.12. The summed E-state index contributed by atoms with van der Waals surface area (Å²) in [6.45, 7) is 2.33. The van der Waals surface area contributed by atoms with Crippen molar-refractivity contribution in [2.75, 3.05) is 13.2 Å². The van der Waals surface area contributed by atoms with Crippen molar-refractivity contribution in [1.29, 1.82) is 0 Å². The van der Waals surface area contributed by atoms with Gasteiger partial charge in [0.25, 0.3) is 0 Å². The van der Waals surface area contributed by atoms with Crippen LogP contribution in [0.1, 0.15) is 26.2 Å². The third-order valence-electron chi connectivity index (χ3n) is 3.06. The quantitative estimate of drug-likeness (QED) is 0.361. The van der Waals surface area contributed by atoms with Crippen molar-refractivity contribution in [3.63, 3.8) is 0 Å². The lowest BCUT2D eigenvalue weighted by molar-refractivity contribution is -0.125. The Labute approximate surface area is 101 Å². The Morgan fingerprint density at radius 3 is 2.53 bits per heavy atom. The number of carbonyl (C=O) groups excluding carboxylic acids is 1. The van der Waals surface area contributed by atoms with Crippen LogP contribution in [0.25, 0.3) is 0 Å². The molecule has 0 unspecified atom stereocenters. The molecule has 4 atom stereocenters. The fourth-order valence-corrected chi connectivity index (χ4v) is 1.95. The summed E-state index contributed by atoms with van der Waals surface area (Å²) in [5, 5.41) is 33.5. The van der Waals surface area contributed by atoms with Crippen LogP contribution < -0.4 is 10.6 Å². The van der Waals surface area contributed by atoms with Gasteiger partial charge in [0.05, 0.1) is 18.8 Å². The molecule has 0 aromatic heterocycles. The van der Waals surface area contributed by atoms with E-state index in [1.807, 2.05) is 0 Å². The van der Waals surface area contributed by atoms with E-state index in [1.165, 1.54) is 0 Å². The Morgan fingerprint density at radius 2 is 2.00 bits per heavy atom. The normalized spacial score (nSPS) is 32.7. The van der Waals surface area contributed by atoms with Gasteiger partial charge in [-0.3, -0.25) is 10.1 Å². The number of nitrogens with one attached hydrogen (secondary N) is 2. The molecule has 1 aliphatic rings. The molecule has 0 aliphatic carbocycles. The molecule has 0 bridgehead atoms. The average molecular weight is 246 g/mol. The number of amides is 1. The van der Waals surface area contributed by atoms with Gasteiger partial charge in [0.15, 0.2) is 0 Å². The zero-order valence-corrected chi connectivity index (χ0v) is 10.1. The van der Waals surface area contributed by atoms with Crippen molar-refractivity contribution in [2.45, 2.75) is 50.5 Å². The van der Waals surface area contributed by atoms with Gasteiger partial charge in [-0.1, -0.05) is 19.8 Å². The smallest absolute Gasteiger partial charge is 0.239 e. The molecule has 1 amide bonds. The van der Waals surface area contributed by atoms with Gasteiger partial charge in [-0.15, -0.1) is 0 Å². The lowest BCUT2D eigenvalue weighted by Gasteiger charge is -2.15. The maximum absolute atomic E-state index is 11.7. The van der Waals surface area contributed by atoms with Gasteiger partial charge in [-0.2, -0.15) is 0 Å². The van der Waals surface area contributed by atoms with Gasteiger partial charge in [0.2, 0.25) is 5.91 Å². The fourth-order valence-electron chi connectivity index (χ4n) is 1.95. The molecule has 0 aromatic rings. The largest absolute Gasteiger partial charge is 0.395 e. The topological polar surface area (TPSA) is 102 Å². The molecule has 100 valence electrons. The summed E-state index contributed by atoms with van der Waals surface area (Å²) >= 11 is 0. The maximum Gasteiger partial charge on any atom is 0.239 e.